The fraction of sp³-hybridized carbons (Fsp3) is 0.200. The van der Waals surface area contributed by atoms with Crippen LogP contribution in [0.5, 0.6) is 0 Å². The summed E-state index contributed by atoms with van der Waals surface area (Å²) >= 11 is 0. The van der Waals surface area contributed by atoms with Crippen molar-refractivity contribution in [1.29, 1.82) is 5.41 Å². The van der Waals surface area contributed by atoms with Gasteiger partial charge in [-0.3, -0.25) is 9.20 Å². The highest BCUT2D eigenvalue weighted by Crippen LogP contribution is 2.29. The third-order valence-electron chi connectivity index (χ3n) is 6.17. The Labute approximate surface area is 211 Å². The lowest BCUT2D eigenvalue weighted by atomic mass is 10.0. The number of imidazole rings is 1. The Hall–Kier alpha value is -5.00. The minimum absolute atomic E-state index is 0.0457. The number of aromatic nitrogens is 4. The molecule has 0 spiro atoms. The van der Waals surface area contributed by atoms with Gasteiger partial charge in [-0.1, -0.05) is 17.3 Å². The molecule has 1 aromatic carbocycles. The zero-order valence-corrected chi connectivity index (χ0v) is 20.1. The summed E-state index contributed by atoms with van der Waals surface area (Å²) in [5.74, 6) is 0.444. The second kappa shape index (κ2) is 9.57. The van der Waals surface area contributed by atoms with Crippen LogP contribution >= 0.6 is 0 Å². The normalized spacial score (nSPS) is 13.6. The van der Waals surface area contributed by atoms with E-state index in [0.29, 0.717) is 53.0 Å². The van der Waals surface area contributed by atoms with E-state index in [4.69, 9.17) is 20.4 Å². The standard InChI is InChI=1S/C25H24N8O4/c1-14-3-4-16(22-30-24(37-31-22)17-12-32(13-17)25(35)36-2)9-19(14)29-23(34)20-11-28-21-10-15(6-8-33(20)21)18(27)5-7-26/h3-11,17,27H,12-13,26H2,1-2H3,(H,29,34)/b7-5-,27-18?. The minimum Gasteiger partial charge on any atom is -0.453 e. The third-order valence-corrected chi connectivity index (χ3v) is 6.17. The van der Waals surface area contributed by atoms with Crippen molar-refractivity contribution in [3.8, 4) is 11.4 Å². The summed E-state index contributed by atoms with van der Waals surface area (Å²) in [5.41, 5.74) is 9.25. The topological polar surface area (TPSA) is 165 Å². The monoisotopic (exact) mass is 500 g/mol. The minimum atomic E-state index is -0.385. The number of fused-ring (bicyclic) bond motifs is 1. The van der Waals surface area contributed by atoms with Crippen LogP contribution in [0.15, 0.2) is 59.5 Å². The van der Waals surface area contributed by atoms with Crippen LogP contribution in [0, 0.1) is 12.3 Å². The molecule has 12 nitrogen and oxygen atoms in total. The number of amides is 2. The summed E-state index contributed by atoms with van der Waals surface area (Å²) in [6, 6.07) is 8.93. The number of aryl methyl sites for hydroxylation is 1. The highest BCUT2D eigenvalue weighted by Gasteiger charge is 2.36. The van der Waals surface area contributed by atoms with Gasteiger partial charge in [0.05, 0.1) is 24.9 Å². The molecular weight excluding hydrogens is 476 g/mol. The van der Waals surface area contributed by atoms with Gasteiger partial charge in [0.15, 0.2) is 0 Å². The van der Waals surface area contributed by atoms with Gasteiger partial charge >= 0.3 is 6.09 Å². The maximum Gasteiger partial charge on any atom is 0.409 e. The van der Waals surface area contributed by atoms with Crippen LogP contribution in [0.25, 0.3) is 17.0 Å². The predicted octanol–water partition coefficient (Wildman–Crippen LogP) is 2.95. The zero-order valence-electron chi connectivity index (χ0n) is 20.1. The smallest absolute Gasteiger partial charge is 0.409 e. The Morgan fingerprint density at radius 3 is 2.84 bits per heavy atom. The Balaban J connectivity index is 1.33. The predicted molar refractivity (Wildman–Crippen MR) is 134 cm³/mol. The van der Waals surface area contributed by atoms with E-state index in [1.165, 1.54) is 25.6 Å². The van der Waals surface area contributed by atoms with Gasteiger partial charge in [0.2, 0.25) is 11.7 Å². The molecule has 4 heterocycles. The van der Waals surface area contributed by atoms with Crippen molar-refractivity contribution >= 4 is 29.0 Å². The number of benzene rings is 1. The number of hydrogen-bond donors (Lipinski definition) is 3. The molecule has 0 atom stereocenters. The number of likely N-dealkylation sites (tertiary alicyclic amines) is 1. The molecule has 4 N–H and O–H groups in total. The lowest BCUT2D eigenvalue weighted by Crippen LogP contribution is -2.48. The number of nitrogens with two attached hydrogens (primary N) is 1. The number of pyridine rings is 1. The number of anilines is 1. The van der Waals surface area contributed by atoms with E-state index >= 15 is 0 Å². The van der Waals surface area contributed by atoms with Gasteiger partial charge in [-0.25, -0.2) is 9.78 Å². The number of allylic oxidation sites excluding steroid dienone is 1. The maximum absolute atomic E-state index is 13.1. The van der Waals surface area contributed by atoms with Crippen molar-refractivity contribution < 1.29 is 18.8 Å². The molecule has 5 rings (SSSR count). The fourth-order valence-corrected chi connectivity index (χ4v) is 4.02. The van der Waals surface area contributed by atoms with Gasteiger partial charge in [0.25, 0.3) is 5.91 Å². The third kappa shape index (κ3) is 4.51. The van der Waals surface area contributed by atoms with Crippen molar-refractivity contribution in [2.24, 2.45) is 5.73 Å². The SMILES string of the molecule is COC(=O)N1CC(c2nc(-c3ccc(C)c(NC(=O)c4cnc5cc(C(=N)/C=C\N)ccn45)c3)no2)C1. The van der Waals surface area contributed by atoms with Crippen LogP contribution in [0.1, 0.15) is 33.4 Å². The molecule has 12 heteroatoms. The first-order valence-corrected chi connectivity index (χ1v) is 11.4. The molecule has 0 radical (unpaired) electrons. The molecule has 1 aliphatic rings. The van der Waals surface area contributed by atoms with E-state index < -0.39 is 0 Å². The summed E-state index contributed by atoms with van der Waals surface area (Å²) in [6.07, 6.45) is 5.57. The van der Waals surface area contributed by atoms with Gasteiger partial charge < -0.3 is 30.6 Å². The molecule has 0 saturated carbocycles. The number of nitrogens with zero attached hydrogens (tertiary/aromatic N) is 5. The number of methoxy groups -OCH3 is 1. The number of hydrogen-bond acceptors (Lipinski definition) is 9. The highest BCUT2D eigenvalue weighted by atomic mass is 16.5. The first-order valence-electron chi connectivity index (χ1n) is 11.4. The largest absolute Gasteiger partial charge is 0.453 e. The van der Waals surface area contributed by atoms with Crippen LogP contribution in [-0.4, -0.2) is 62.3 Å². The Bertz CT molecular complexity index is 1550. The highest BCUT2D eigenvalue weighted by molar-refractivity contribution is 6.07. The first kappa shape index (κ1) is 23.7. The van der Waals surface area contributed by atoms with Crippen molar-refractivity contribution in [3.05, 3.63) is 77.7 Å². The molecule has 188 valence electrons. The fourth-order valence-electron chi connectivity index (χ4n) is 4.02. The molecule has 4 aromatic rings. The van der Waals surface area contributed by atoms with E-state index in [-0.39, 0.29) is 23.6 Å². The number of carbonyl (C=O) groups is 2. The van der Waals surface area contributed by atoms with Crippen molar-refractivity contribution in [1.82, 2.24) is 24.4 Å². The van der Waals surface area contributed by atoms with E-state index in [2.05, 4.69) is 20.4 Å². The van der Waals surface area contributed by atoms with Crippen LogP contribution in [0.3, 0.4) is 0 Å². The van der Waals surface area contributed by atoms with Gasteiger partial charge in [-0.15, -0.1) is 0 Å². The Morgan fingerprint density at radius 1 is 1.27 bits per heavy atom. The molecule has 0 unspecified atom stereocenters. The summed E-state index contributed by atoms with van der Waals surface area (Å²) in [5, 5.41) is 15.0. The number of carbonyl (C=O) groups excluding carboxylic acids is 2. The number of nitrogens with one attached hydrogen (secondary N) is 2. The quantitative estimate of drug-likeness (QED) is 0.340. The molecule has 1 saturated heterocycles. The zero-order chi connectivity index (χ0) is 26.1. The summed E-state index contributed by atoms with van der Waals surface area (Å²) in [6.45, 7) is 2.79. The Kier molecular flexibility index (Phi) is 6.14. The van der Waals surface area contributed by atoms with Gasteiger partial charge in [-0.2, -0.15) is 4.98 Å². The molecule has 37 heavy (non-hydrogen) atoms. The molecule has 1 aliphatic heterocycles. The van der Waals surface area contributed by atoms with E-state index in [0.717, 1.165) is 5.56 Å². The summed E-state index contributed by atoms with van der Waals surface area (Å²) in [7, 11) is 1.34. The van der Waals surface area contributed by atoms with E-state index in [9.17, 15) is 9.59 Å². The average Bonchev–Trinajstić information content (AvgIpc) is 3.51. The van der Waals surface area contributed by atoms with Crippen molar-refractivity contribution in [2.75, 3.05) is 25.5 Å². The molecular formula is C25H24N8O4. The second-order valence-electron chi connectivity index (χ2n) is 8.57. The van der Waals surface area contributed by atoms with Crippen LogP contribution in [-0.2, 0) is 4.74 Å². The molecule has 3 aromatic heterocycles. The van der Waals surface area contributed by atoms with E-state index in [1.54, 1.807) is 33.7 Å². The van der Waals surface area contributed by atoms with Gasteiger partial charge in [0, 0.05) is 36.1 Å². The average molecular weight is 501 g/mol. The first-order chi connectivity index (χ1) is 17.9. The van der Waals surface area contributed by atoms with Crippen LogP contribution < -0.4 is 11.1 Å². The molecule has 0 aliphatic carbocycles. The molecule has 0 bridgehead atoms. The summed E-state index contributed by atoms with van der Waals surface area (Å²) in [4.78, 5) is 35.0. The second-order valence-corrected chi connectivity index (χ2v) is 8.57. The Morgan fingerprint density at radius 2 is 2.08 bits per heavy atom. The summed E-state index contributed by atoms with van der Waals surface area (Å²) < 4.78 is 11.8. The lowest BCUT2D eigenvalue weighted by molar-refractivity contribution is 0.0804. The lowest BCUT2D eigenvalue weighted by Gasteiger charge is -2.35. The van der Waals surface area contributed by atoms with Crippen molar-refractivity contribution in [2.45, 2.75) is 12.8 Å². The van der Waals surface area contributed by atoms with Gasteiger partial charge in [-0.05, 0) is 43.0 Å². The molecule has 1 fully saturated rings. The number of rotatable bonds is 6. The number of ether oxygens (including phenoxy) is 1. The maximum atomic E-state index is 13.1. The van der Waals surface area contributed by atoms with Crippen LogP contribution in [0.4, 0.5) is 10.5 Å². The van der Waals surface area contributed by atoms with E-state index in [1.807, 2.05) is 19.1 Å². The molecule has 2 amide bonds. The van der Waals surface area contributed by atoms with Crippen LogP contribution in [0.2, 0.25) is 0 Å². The van der Waals surface area contributed by atoms with Crippen molar-refractivity contribution in [3.63, 3.8) is 0 Å². The van der Waals surface area contributed by atoms with Gasteiger partial charge in [0.1, 0.15) is 11.3 Å².